The number of rotatable bonds is 10. The van der Waals surface area contributed by atoms with E-state index in [-0.39, 0.29) is 49.6 Å². The van der Waals surface area contributed by atoms with Crippen LogP contribution in [0.15, 0.2) is 53.0 Å². The number of hydrogen-bond acceptors (Lipinski definition) is 12. The molecule has 2 aromatic heterocycles. The van der Waals surface area contributed by atoms with Gasteiger partial charge in [-0.05, 0) is 105 Å². The maximum Gasteiger partial charge on any atom is 0.324 e. The number of likely N-dealkylation sites (tertiary alicyclic amines) is 1. The smallest absolute Gasteiger partial charge is 0.324 e. The number of amides is 4. The van der Waals surface area contributed by atoms with Gasteiger partial charge < -0.3 is 38.6 Å². The van der Waals surface area contributed by atoms with Crippen molar-refractivity contribution in [1.82, 2.24) is 34.7 Å². The number of aliphatic hydroxyl groups is 1. The van der Waals surface area contributed by atoms with Crippen molar-refractivity contribution < 1.29 is 38.5 Å². The second kappa shape index (κ2) is 19.9. The molecule has 6 bridgehead atoms. The van der Waals surface area contributed by atoms with E-state index in [0.717, 1.165) is 44.7 Å². The summed E-state index contributed by atoms with van der Waals surface area (Å²) in [6, 6.07) is 8.57. The minimum atomic E-state index is -1.26. The van der Waals surface area contributed by atoms with Gasteiger partial charge >= 0.3 is 12.0 Å². The molecule has 0 radical (unpaired) electrons. The Morgan fingerprint density at radius 3 is 2.60 bits per heavy atom. The van der Waals surface area contributed by atoms with Crippen molar-refractivity contribution >= 4 is 58.0 Å². The number of pyridine rings is 1. The van der Waals surface area contributed by atoms with Crippen LogP contribution in [-0.4, -0.2) is 148 Å². The Bertz CT molecular complexity index is 2470. The number of β-amino-alcohol motifs (C(OH)–C–C–N with tert-alkyl or cyclic N) is 1. The Kier molecular flexibility index (Phi) is 14.8. The van der Waals surface area contributed by atoms with E-state index in [9.17, 15) is 24.3 Å². The van der Waals surface area contributed by atoms with E-state index in [1.165, 1.54) is 21.9 Å². The number of hydrogen-bond donors (Lipinski definition) is 2. The summed E-state index contributed by atoms with van der Waals surface area (Å²) in [7, 11) is 6.76. The first-order valence-corrected chi connectivity index (χ1v) is 24.2. The minimum Gasteiger partial charge on any atom is -0.464 e. The lowest BCUT2D eigenvalue weighted by Crippen LogP contribution is -2.68. The molecule has 67 heavy (non-hydrogen) atoms. The average molecular weight is 941 g/mol. The van der Waals surface area contributed by atoms with E-state index < -0.39 is 46.4 Å². The zero-order valence-electron chi connectivity index (χ0n) is 40.9. The Labute approximate surface area is 398 Å². The number of fused-ring (bicyclic) bond motifs is 6. The Morgan fingerprint density at radius 2 is 1.91 bits per heavy atom. The molecule has 0 saturated carbocycles. The van der Waals surface area contributed by atoms with E-state index >= 15 is 0 Å². The maximum atomic E-state index is 14.9. The van der Waals surface area contributed by atoms with Crippen LogP contribution >= 0.6 is 11.8 Å². The third-order valence-corrected chi connectivity index (χ3v) is 14.8. The number of ether oxygens (including phenoxy) is 3. The number of nitrogens with one attached hydrogen (secondary N) is 1. The molecule has 362 valence electrons. The van der Waals surface area contributed by atoms with Gasteiger partial charge in [-0.1, -0.05) is 33.8 Å². The number of cyclic esters (lactones) is 1. The predicted molar refractivity (Wildman–Crippen MR) is 260 cm³/mol. The first-order chi connectivity index (χ1) is 31.7. The number of aromatic nitrogens is 2. The molecular weight excluding hydrogens is 873 g/mol. The fourth-order valence-corrected chi connectivity index (χ4v) is 11.3. The lowest BCUT2D eigenvalue weighted by molar-refractivity contribution is -0.156. The number of benzene rings is 1. The lowest BCUT2D eigenvalue weighted by Gasteiger charge is -2.47. The molecule has 6 heterocycles. The van der Waals surface area contributed by atoms with Gasteiger partial charge in [0.2, 0.25) is 5.91 Å². The van der Waals surface area contributed by atoms with Crippen LogP contribution in [0.4, 0.5) is 4.79 Å². The highest BCUT2D eigenvalue weighted by atomic mass is 32.2. The number of nitrogens with zero attached hydrogens (tertiary/aromatic N) is 7. The van der Waals surface area contributed by atoms with Gasteiger partial charge in [0.15, 0.2) is 0 Å². The molecule has 5 atom stereocenters. The fraction of sp³-hybridized carbons (Fsp3) is 0.580. The summed E-state index contributed by atoms with van der Waals surface area (Å²) in [5, 5.41) is 15.1. The molecule has 16 nitrogen and oxygen atoms in total. The van der Waals surface area contributed by atoms with Crippen LogP contribution in [0.2, 0.25) is 0 Å². The van der Waals surface area contributed by atoms with E-state index in [1.807, 2.05) is 40.8 Å². The quantitative estimate of drug-likeness (QED) is 0.173. The van der Waals surface area contributed by atoms with Gasteiger partial charge in [-0.25, -0.2) is 10.2 Å². The number of carbonyl (C=O) groups is 4. The molecule has 17 heteroatoms. The van der Waals surface area contributed by atoms with Gasteiger partial charge in [-0.3, -0.25) is 24.4 Å². The molecule has 2 fully saturated rings. The van der Waals surface area contributed by atoms with Gasteiger partial charge in [0.05, 0.1) is 60.3 Å². The zero-order chi connectivity index (χ0) is 48.6. The molecule has 2 N–H and O–H groups in total. The third kappa shape index (κ3) is 10.1. The lowest BCUT2D eigenvalue weighted by atomic mass is 9.84. The first-order valence-electron chi connectivity index (χ1n) is 23.3. The predicted octanol–water partition coefficient (Wildman–Crippen LogP) is 6.27. The summed E-state index contributed by atoms with van der Waals surface area (Å²) in [4.78, 5) is 70.2. The molecule has 1 unspecified atom stereocenters. The molecule has 7 rings (SSSR count). The van der Waals surface area contributed by atoms with Crippen LogP contribution in [0.25, 0.3) is 27.9 Å². The summed E-state index contributed by atoms with van der Waals surface area (Å²) >= 11 is 1.62. The van der Waals surface area contributed by atoms with Crippen LogP contribution in [-0.2, 0) is 41.6 Å². The van der Waals surface area contributed by atoms with Crippen LogP contribution in [0.1, 0.15) is 90.7 Å². The Balaban J connectivity index is 1.26. The second-order valence-corrected chi connectivity index (χ2v) is 21.0. The Morgan fingerprint density at radius 1 is 1.16 bits per heavy atom. The van der Waals surface area contributed by atoms with E-state index in [4.69, 9.17) is 19.2 Å². The number of aryl methyl sites for hydroxylation is 1. The molecule has 4 amide bonds. The maximum absolute atomic E-state index is 14.9. The third-order valence-electron chi connectivity index (χ3n) is 13.6. The number of urea groups is 1. The number of aliphatic imine (C=N–C) groups is 1. The van der Waals surface area contributed by atoms with Gasteiger partial charge in [0, 0.05) is 69.5 Å². The minimum absolute atomic E-state index is 0.0859. The van der Waals surface area contributed by atoms with Crippen molar-refractivity contribution in [2.24, 2.45) is 21.7 Å². The summed E-state index contributed by atoms with van der Waals surface area (Å²) in [5.74, 6) is 1.22. The zero-order valence-corrected chi connectivity index (χ0v) is 41.7. The molecule has 0 aliphatic carbocycles. The van der Waals surface area contributed by atoms with Gasteiger partial charge in [-0.2, -0.15) is 4.99 Å². The highest BCUT2D eigenvalue weighted by molar-refractivity contribution is 8.03. The fourth-order valence-electron chi connectivity index (χ4n) is 9.96. The number of likely N-dealkylation sites (N-methyl/N-ethyl adjacent to an activating group) is 1. The van der Waals surface area contributed by atoms with Crippen molar-refractivity contribution in [2.75, 3.05) is 61.2 Å². The Hall–Kier alpha value is -5.03. The number of esters is 1. The van der Waals surface area contributed by atoms with E-state index in [0.29, 0.717) is 38.8 Å². The van der Waals surface area contributed by atoms with Crippen molar-refractivity contribution in [3.05, 3.63) is 64.8 Å². The first kappa shape index (κ1) is 49.9. The molecule has 4 aliphatic rings. The van der Waals surface area contributed by atoms with Crippen molar-refractivity contribution in [3.8, 4) is 11.3 Å². The summed E-state index contributed by atoms with van der Waals surface area (Å²) < 4.78 is 19.4. The average Bonchev–Trinajstić information content (AvgIpc) is 3.80. The molecule has 1 aromatic carbocycles. The highest BCUT2D eigenvalue weighted by Crippen LogP contribution is 2.45. The van der Waals surface area contributed by atoms with Crippen molar-refractivity contribution in [2.45, 2.75) is 110 Å². The van der Waals surface area contributed by atoms with Crippen molar-refractivity contribution in [1.29, 1.82) is 0 Å². The standard InChI is InChI=1S/C50H68N8O8S/c1-12-57-38-18-17-33-23-35(38)36(43(57)34-15-13-20-51-41(34)32(4)65-11)24-48(5,6)29-66-45(60)37-16-14-22-58(53-37)46(61)49(7,25-40-54(8)39(33)26-67-40)19-21-52-44(59)42(31(2)3)55(9)47(62)56-27-50(63,28-56)30-64-10/h13,15,17-20,23,26,31-32,37,40,42,53,63H,12,14,16,22,24-25,27-30H2,1-11H3/t32-,37-,40?,42-,49+/m0/s1. The van der Waals surface area contributed by atoms with Gasteiger partial charge in [0.1, 0.15) is 17.7 Å². The van der Waals surface area contributed by atoms with Crippen LogP contribution in [0.3, 0.4) is 0 Å². The topological polar surface area (TPSA) is 171 Å². The van der Waals surface area contributed by atoms with E-state index in [1.54, 1.807) is 38.2 Å². The number of carbonyl (C=O) groups excluding carboxylic acids is 4. The number of hydrazine groups is 1. The largest absolute Gasteiger partial charge is 0.464 e. The molecule has 4 aliphatic heterocycles. The van der Waals surface area contributed by atoms with Crippen LogP contribution in [0.5, 0.6) is 0 Å². The van der Waals surface area contributed by atoms with Crippen molar-refractivity contribution in [3.63, 3.8) is 0 Å². The van der Waals surface area contributed by atoms with Gasteiger partial charge in [-0.15, -0.1) is 11.8 Å². The SMILES string of the molecule is CCn1c(-c2cccnc2[C@H](C)OC)c2c3cc(ccc31)C1=CSC(C[C@@](C)(C=C=NC(=O)[C@H](C(C)C)N(C)C(=O)N3CC(O)(COC)C3)C(=O)N3CCC[C@H](N3)C(=O)OCC(C)(C)C2)N1C. The highest BCUT2D eigenvalue weighted by Gasteiger charge is 2.47. The summed E-state index contributed by atoms with van der Waals surface area (Å²) in [5.41, 5.74) is 7.46. The summed E-state index contributed by atoms with van der Waals surface area (Å²) in [6.07, 6.45) is 5.07. The normalized spacial score (nSPS) is 23.7. The second-order valence-electron chi connectivity index (χ2n) is 20.0. The van der Waals surface area contributed by atoms with Crippen LogP contribution < -0.4 is 5.43 Å². The van der Waals surface area contributed by atoms with E-state index in [2.05, 4.69) is 76.2 Å². The molecular formula is C50H68N8O8S. The number of thioether (sulfide) groups is 1. The van der Waals surface area contributed by atoms with Gasteiger partial charge in [0.25, 0.3) is 5.91 Å². The molecule has 2 saturated heterocycles. The molecule has 0 spiro atoms. The monoisotopic (exact) mass is 940 g/mol. The van der Waals surface area contributed by atoms with Crippen LogP contribution in [0, 0.1) is 16.7 Å². The summed E-state index contributed by atoms with van der Waals surface area (Å²) in [6.45, 7) is 15.3. The number of methoxy groups -OCH3 is 2. The molecule has 3 aromatic rings.